The van der Waals surface area contributed by atoms with E-state index in [1.165, 1.54) is 27.7 Å². The Balaban J connectivity index is 2.49. The molecule has 0 spiro atoms. The van der Waals surface area contributed by atoms with Crippen LogP contribution in [0.2, 0.25) is 0 Å². The van der Waals surface area contributed by atoms with Gasteiger partial charge >= 0.3 is 17.9 Å². The number of esters is 3. The molecule has 1 aromatic heterocycles. The van der Waals surface area contributed by atoms with Gasteiger partial charge in [-0.2, -0.15) is 0 Å². The van der Waals surface area contributed by atoms with Gasteiger partial charge in [-0.15, -0.1) is 0 Å². The summed E-state index contributed by atoms with van der Waals surface area (Å²) in [7, 11) is 0. The highest BCUT2D eigenvalue weighted by atomic mass is 16.6. The molecule has 1 N–H and O–H groups in total. The van der Waals surface area contributed by atoms with E-state index < -0.39 is 54.3 Å². The number of aromatic nitrogens is 1. The molecule has 0 radical (unpaired) electrons. The molecule has 29 heavy (non-hydrogen) atoms. The number of aryl methyl sites for hydroxylation is 1. The normalized spacial score (nSPS) is 26.3. The predicted molar refractivity (Wildman–Crippen MR) is 94.2 cm³/mol. The van der Waals surface area contributed by atoms with Crippen LogP contribution in [0, 0.1) is 6.92 Å². The zero-order chi connectivity index (χ0) is 21.7. The van der Waals surface area contributed by atoms with E-state index in [-0.39, 0.29) is 6.61 Å². The Morgan fingerprint density at radius 3 is 2.14 bits per heavy atom. The number of hydrogen-bond donors (Lipinski definition) is 1. The summed E-state index contributed by atoms with van der Waals surface area (Å²) in [5, 5.41) is 6.58. The molecule has 1 amide bonds. The van der Waals surface area contributed by atoms with Crippen molar-refractivity contribution in [3.05, 3.63) is 17.5 Å². The van der Waals surface area contributed by atoms with Crippen molar-refractivity contribution < 1.29 is 42.6 Å². The molecule has 1 aromatic rings. The molecule has 1 aliphatic rings. The molecule has 1 saturated heterocycles. The van der Waals surface area contributed by atoms with Gasteiger partial charge in [0, 0.05) is 33.8 Å². The van der Waals surface area contributed by atoms with Crippen LogP contribution >= 0.6 is 0 Å². The Bertz CT molecular complexity index is 775. The van der Waals surface area contributed by atoms with Crippen molar-refractivity contribution in [2.24, 2.45) is 0 Å². The molecule has 2 rings (SSSR count). The number of rotatable bonds is 6. The maximum Gasteiger partial charge on any atom is 0.303 e. The Hall–Kier alpha value is -2.95. The van der Waals surface area contributed by atoms with E-state index in [2.05, 4.69) is 10.5 Å². The number of carbonyl (C=O) groups is 4. The van der Waals surface area contributed by atoms with Gasteiger partial charge in [-0.25, -0.2) is 0 Å². The first-order valence-corrected chi connectivity index (χ1v) is 8.92. The molecule has 2 heterocycles. The molecule has 11 nitrogen and oxygen atoms in total. The predicted octanol–water partition coefficient (Wildman–Crippen LogP) is 0.354. The lowest BCUT2D eigenvalue weighted by Crippen LogP contribution is -2.63. The first kappa shape index (κ1) is 22.3. The SMILES string of the molecule is CC(=O)N[C@@H]1[C@@H](OC(C)=O)[C@H](OC(C)=O)[C@@H](COC(C)=O)O[C@H]1c1cc(C)on1. The van der Waals surface area contributed by atoms with E-state index in [0.29, 0.717) is 11.5 Å². The number of ether oxygens (including phenoxy) is 4. The number of hydrogen-bond acceptors (Lipinski definition) is 10. The van der Waals surface area contributed by atoms with Crippen LogP contribution in [0.15, 0.2) is 10.6 Å². The lowest BCUT2D eigenvalue weighted by molar-refractivity contribution is -0.225. The van der Waals surface area contributed by atoms with E-state index in [9.17, 15) is 19.2 Å². The van der Waals surface area contributed by atoms with Crippen LogP contribution in [0.5, 0.6) is 0 Å². The van der Waals surface area contributed by atoms with Crippen LogP contribution < -0.4 is 5.32 Å². The molecule has 0 bridgehead atoms. The second-order valence-corrected chi connectivity index (χ2v) is 6.63. The van der Waals surface area contributed by atoms with Crippen molar-refractivity contribution in [2.75, 3.05) is 6.61 Å². The van der Waals surface area contributed by atoms with E-state index in [4.69, 9.17) is 23.5 Å². The Labute approximate surface area is 167 Å². The maximum absolute atomic E-state index is 11.8. The minimum absolute atomic E-state index is 0.273. The summed E-state index contributed by atoms with van der Waals surface area (Å²) in [6, 6.07) is 0.651. The molecule has 0 saturated carbocycles. The summed E-state index contributed by atoms with van der Waals surface area (Å²) in [4.78, 5) is 46.5. The van der Waals surface area contributed by atoms with Gasteiger partial charge in [-0.1, -0.05) is 5.16 Å². The molecule has 0 unspecified atom stereocenters. The Morgan fingerprint density at radius 2 is 1.66 bits per heavy atom. The third-order valence-electron chi connectivity index (χ3n) is 4.05. The van der Waals surface area contributed by atoms with Crippen molar-refractivity contribution >= 4 is 23.8 Å². The fourth-order valence-corrected chi connectivity index (χ4v) is 3.10. The average Bonchev–Trinajstić information content (AvgIpc) is 3.01. The van der Waals surface area contributed by atoms with E-state index >= 15 is 0 Å². The van der Waals surface area contributed by atoms with Crippen molar-refractivity contribution in [1.29, 1.82) is 0 Å². The fraction of sp³-hybridized carbons (Fsp3) is 0.611. The second kappa shape index (κ2) is 9.50. The van der Waals surface area contributed by atoms with Gasteiger partial charge in [0.05, 0.1) is 0 Å². The Morgan fingerprint density at radius 1 is 1.03 bits per heavy atom. The van der Waals surface area contributed by atoms with Crippen molar-refractivity contribution in [1.82, 2.24) is 10.5 Å². The quantitative estimate of drug-likeness (QED) is 0.513. The summed E-state index contributed by atoms with van der Waals surface area (Å²) in [5.74, 6) is -1.84. The second-order valence-electron chi connectivity index (χ2n) is 6.63. The minimum atomic E-state index is -1.14. The van der Waals surface area contributed by atoms with Gasteiger partial charge in [-0.3, -0.25) is 19.2 Å². The molecule has 0 aromatic carbocycles. The zero-order valence-electron chi connectivity index (χ0n) is 16.8. The van der Waals surface area contributed by atoms with Gasteiger partial charge in [-0.05, 0) is 6.92 Å². The molecule has 1 fully saturated rings. The highest BCUT2D eigenvalue weighted by molar-refractivity contribution is 5.74. The summed E-state index contributed by atoms with van der Waals surface area (Å²) >= 11 is 0. The van der Waals surface area contributed by atoms with Crippen LogP contribution in [-0.2, 0) is 38.1 Å². The number of nitrogens with zero attached hydrogens (tertiary/aromatic N) is 1. The van der Waals surface area contributed by atoms with Crippen LogP contribution in [0.4, 0.5) is 0 Å². The molecule has 160 valence electrons. The van der Waals surface area contributed by atoms with Crippen LogP contribution in [-0.4, -0.2) is 59.9 Å². The monoisotopic (exact) mass is 412 g/mol. The van der Waals surface area contributed by atoms with Crippen LogP contribution in [0.3, 0.4) is 0 Å². The first-order chi connectivity index (χ1) is 13.6. The topological polar surface area (TPSA) is 143 Å². The summed E-state index contributed by atoms with van der Waals surface area (Å²) in [6.07, 6.45) is -4.18. The van der Waals surface area contributed by atoms with Crippen LogP contribution in [0.1, 0.15) is 45.3 Å². The number of amides is 1. The molecule has 0 aliphatic carbocycles. The van der Waals surface area contributed by atoms with Gasteiger partial charge < -0.3 is 28.8 Å². The molecular formula is C18H24N2O9. The lowest BCUT2D eigenvalue weighted by atomic mass is 9.90. The van der Waals surface area contributed by atoms with Gasteiger partial charge in [0.2, 0.25) is 5.91 Å². The zero-order valence-corrected chi connectivity index (χ0v) is 16.8. The molecule has 5 atom stereocenters. The number of carbonyl (C=O) groups excluding carboxylic acids is 4. The largest absolute Gasteiger partial charge is 0.463 e. The maximum atomic E-state index is 11.8. The summed E-state index contributed by atoms with van der Waals surface area (Å²) in [6.45, 7) is 6.25. The van der Waals surface area contributed by atoms with Crippen molar-refractivity contribution in [2.45, 2.75) is 65.1 Å². The average molecular weight is 412 g/mol. The molecule has 11 heteroatoms. The molecular weight excluding hydrogens is 388 g/mol. The van der Waals surface area contributed by atoms with E-state index in [1.807, 2.05) is 0 Å². The Kier molecular flexibility index (Phi) is 7.32. The highest BCUT2D eigenvalue weighted by Gasteiger charge is 2.51. The lowest BCUT2D eigenvalue weighted by Gasteiger charge is -2.44. The van der Waals surface area contributed by atoms with Gasteiger partial charge in [0.25, 0.3) is 0 Å². The number of nitrogens with one attached hydrogen (secondary N) is 1. The summed E-state index contributed by atoms with van der Waals surface area (Å²) in [5.41, 5.74) is 0.326. The van der Waals surface area contributed by atoms with Crippen molar-refractivity contribution in [3.63, 3.8) is 0 Å². The summed E-state index contributed by atoms with van der Waals surface area (Å²) < 4.78 is 26.8. The minimum Gasteiger partial charge on any atom is -0.463 e. The van der Waals surface area contributed by atoms with Crippen LogP contribution in [0.25, 0.3) is 0 Å². The first-order valence-electron chi connectivity index (χ1n) is 8.92. The fourth-order valence-electron chi connectivity index (χ4n) is 3.10. The van der Waals surface area contributed by atoms with E-state index in [0.717, 1.165) is 0 Å². The van der Waals surface area contributed by atoms with Crippen molar-refractivity contribution in [3.8, 4) is 0 Å². The van der Waals surface area contributed by atoms with E-state index in [1.54, 1.807) is 13.0 Å². The van der Waals surface area contributed by atoms with Gasteiger partial charge in [0.15, 0.2) is 12.2 Å². The third kappa shape index (κ3) is 6.01. The van der Waals surface area contributed by atoms with Gasteiger partial charge in [0.1, 0.15) is 36.3 Å². The standard InChI is InChI=1S/C18H24N2O9/c1-8-6-13(20-29-8)16-15(19-9(2)21)18(27-12(5)24)17(26-11(4)23)14(28-16)7-25-10(3)22/h6,14-18H,7H2,1-5H3,(H,19,21)/t14-,15+,16+,17-,18-/m1/s1. The molecule has 1 aliphatic heterocycles. The highest BCUT2D eigenvalue weighted by Crippen LogP contribution is 2.35. The smallest absolute Gasteiger partial charge is 0.303 e. The third-order valence-corrected chi connectivity index (χ3v) is 4.05.